The zero-order valence-electron chi connectivity index (χ0n) is 9.29. The monoisotopic (exact) mass is 269 g/mol. The van der Waals surface area contributed by atoms with Gasteiger partial charge in [0.15, 0.2) is 0 Å². The molecule has 1 heterocycles. The van der Waals surface area contributed by atoms with E-state index in [0.29, 0.717) is 23.1 Å². The summed E-state index contributed by atoms with van der Waals surface area (Å²) in [6, 6.07) is 0. The number of nitrogen functional groups attached to an aromatic ring is 1. The summed E-state index contributed by atoms with van der Waals surface area (Å²) in [5, 5.41) is 8.33. The van der Waals surface area contributed by atoms with Gasteiger partial charge in [0.1, 0.15) is 5.01 Å². The van der Waals surface area contributed by atoms with Crippen molar-refractivity contribution in [1.82, 2.24) is 15.1 Å². The average Bonchev–Trinajstić information content (AvgIpc) is 2.63. The molecule has 1 aromatic rings. The minimum Gasteiger partial charge on any atom is -0.298 e. The average molecular weight is 269 g/mol. The smallest absolute Gasteiger partial charge is 0.298 e. The first-order valence-electron chi connectivity index (χ1n) is 5.02. The van der Waals surface area contributed by atoms with Gasteiger partial charge in [-0.2, -0.15) is 13.2 Å². The Balaban J connectivity index is 2.59. The van der Waals surface area contributed by atoms with Gasteiger partial charge in [0.05, 0.1) is 13.1 Å². The molecule has 1 rings (SSSR count). The number of rotatable bonds is 6. The molecule has 0 radical (unpaired) electrons. The van der Waals surface area contributed by atoms with Crippen LogP contribution in [0.1, 0.15) is 18.4 Å². The second-order valence-corrected chi connectivity index (χ2v) is 4.53. The van der Waals surface area contributed by atoms with Crippen LogP contribution in [-0.2, 0) is 6.54 Å². The van der Waals surface area contributed by atoms with Crippen molar-refractivity contribution in [2.45, 2.75) is 26.1 Å². The maximum atomic E-state index is 12.3. The molecule has 0 aliphatic heterocycles. The lowest BCUT2D eigenvalue weighted by Crippen LogP contribution is -2.34. The highest BCUT2D eigenvalue weighted by atomic mass is 32.1. The van der Waals surface area contributed by atoms with Gasteiger partial charge >= 0.3 is 6.18 Å². The number of hydrazine groups is 1. The van der Waals surface area contributed by atoms with Gasteiger partial charge in [0, 0.05) is 0 Å². The van der Waals surface area contributed by atoms with E-state index in [4.69, 9.17) is 5.84 Å². The van der Waals surface area contributed by atoms with Crippen molar-refractivity contribution < 1.29 is 13.2 Å². The molecule has 0 atom stereocenters. The molecule has 0 fully saturated rings. The summed E-state index contributed by atoms with van der Waals surface area (Å²) in [5.41, 5.74) is 2.31. The molecule has 1 aromatic heterocycles. The maximum Gasteiger partial charge on any atom is 0.401 e. The summed E-state index contributed by atoms with van der Waals surface area (Å²) in [6.45, 7) is 1.39. The zero-order valence-corrected chi connectivity index (χ0v) is 10.1. The normalized spacial score (nSPS) is 12.1. The van der Waals surface area contributed by atoms with E-state index in [9.17, 15) is 13.2 Å². The summed E-state index contributed by atoms with van der Waals surface area (Å²) in [6.07, 6.45) is -3.55. The van der Waals surface area contributed by atoms with Gasteiger partial charge in [0.2, 0.25) is 5.13 Å². The van der Waals surface area contributed by atoms with Gasteiger partial charge in [-0.15, -0.1) is 10.2 Å². The van der Waals surface area contributed by atoms with Crippen molar-refractivity contribution in [3.05, 3.63) is 5.01 Å². The highest BCUT2D eigenvalue weighted by Gasteiger charge is 2.30. The molecule has 0 saturated carbocycles. The molecule has 17 heavy (non-hydrogen) atoms. The van der Waals surface area contributed by atoms with Crippen LogP contribution < -0.4 is 11.3 Å². The minimum atomic E-state index is -4.20. The van der Waals surface area contributed by atoms with Crippen LogP contribution in [-0.4, -0.2) is 34.4 Å². The van der Waals surface area contributed by atoms with E-state index in [1.807, 2.05) is 6.92 Å². The van der Waals surface area contributed by atoms with Gasteiger partial charge in [-0.3, -0.25) is 10.3 Å². The topological polar surface area (TPSA) is 67.1 Å². The SMILES string of the molecule is CCCN(Cc1nnc(NN)s1)CC(F)(F)F. The number of alkyl halides is 3. The summed E-state index contributed by atoms with van der Waals surface area (Å²) < 4.78 is 36.9. The molecule has 0 unspecified atom stereocenters. The number of hydrogen-bond donors (Lipinski definition) is 2. The number of nitrogens with one attached hydrogen (secondary N) is 1. The molecule has 0 spiro atoms. The van der Waals surface area contributed by atoms with Crippen LogP contribution in [0.2, 0.25) is 0 Å². The third kappa shape index (κ3) is 5.29. The predicted octanol–water partition coefficient (Wildman–Crippen LogP) is 1.60. The van der Waals surface area contributed by atoms with Crippen molar-refractivity contribution >= 4 is 16.5 Å². The van der Waals surface area contributed by atoms with Crippen LogP contribution >= 0.6 is 11.3 Å². The second-order valence-electron chi connectivity index (χ2n) is 3.47. The highest BCUT2D eigenvalue weighted by Crippen LogP contribution is 2.20. The molecule has 0 bridgehead atoms. The Kier molecular flexibility index (Phi) is 5.09. The highest BCUT2D eigenvalue weighted by molar-refractivity contribution is 7.15. The first-order valence-corrected chi connectivity index (χ1v) is 5.84. The van der Waals surface area contributed by atoms with Crippen LogP contribution in [0.15, 0.2) is 0 Å². The molecule has 5 nitrogen and oxygen atoms in total. The van der Waals surface area contributed by atoms with Gasteiger partial charge < -0.3 is 0 Å². The molecule has 3 N–H and O–H groups in total. The number of nitrogens with zero attached hydrogens (tertiary/aromatic N) is 3. The van der Waals surface area contributed by atoms with Crippen LogP contribution in [0.4, 0.5) is 18.3 Å². The van der Waals surface area contributed by atoms with Crippen molar-refractivity contribution in [1.29, 1.82) is 0 Å². The Morgan fingerprint density at radius 2 is 2.12 bits per heavy atom. The Labute approximate surface area is 101 Å². The molecule has 0 aliphatic carbocycles. The summed E-state index contributed by atoms with van der Waals surface area (Å²) in [4.78, 5) is 1.29. The quantitative estimate of drug-likeness (QED) is 0.606. The van der Waals surface area contributed by atoms with E-state index in [1.54, 1.807) is 0 Å². The second kappa shape index (κ2) is 6.12. The first kappa shape index (κ1) is 14.1. The van der Waals surface area contributed by atoms with E-state index in [-0.39, 0.29) is 6.54 Å². The molecular formula is C8H14F3N5S. The lowest BCUT2D eigenvalue weighted by Gasteiger charge is -2.21. The van der Waals surface area contributed by atoms with Gasteiger partial charge in [0.25, 0.3) is 0 Å². The van der Waals surface area contributed by atoms with E-state index < -0.39 is 12.7 Å². The first-order chi connectivity index (χ1) is 7.94. The lowest BCUT2D eigenvalue weighted by molar-refractivity contribution is -0.147. The molecule has 0 saturated heterocycles. The fraction of sp³-hybridized carbons (Fsp3) is 0.750. The molecule has 0 aromatic carbocycles. The van der Waals surface area contributed by atoms with Crippen LogP contribution in [0.5, 0.6) is 0 Å². The summed E-state index contributed by atoms with van der Waals surface area (Å²) >= 11 is 1.15. The molecule has 0 aliphatic rings. The van der Waals surface area contributed by atoms with Gasteiger partial charge in [-0.05, 0) is 13.0 Å². The van der Waals surface area contributed by atoms with Crippen molar-refractivity contribution in [2.24, 2.45) is 5.84 Å². The van der Waals surface area contributed by atoms with Crippen LogP contribution in [0.25, 0.3) is 0 Å². The summed E-state index contributed by atoms with van der Waals surface area (Å²) in [7, 11) is 0. The molecule has 9 heteroatoms. The van der Waals surface area contributed by atoms with E-state index in [1.165, 1.54) is 4.90 Å². The van der Waals surface area contributed by atoms with Crippen LogP contribution in [0.3, 0.4) is 0 Å². The molecule has 0 amide bonds. The Morgan fingerprint density at radius 1 is 1.41 bits per heavy atom. The van der Waals surface area contributed by atoms with Crippen molar-refractivity contribution in [3.8, 4) is 0 Å². The maximum absolute atomic E-state index is 12.3. The summed E-state index contributed by atoms with van der Waals surface area (Å²) in [5.74, 6) is 5.12. The third-order valence-corrected chi connectivity index (χ3v) is 2.73. The molecule has 98 valence electrons. The zero-order chi connectivity index (χ0) is 12.9. The van der Waals surface area contributed by atoms with Crippen molar-refractivity contribution in [3.63, 3.8) is 0 Å². The fourth-order valence-corrected chi connectivity index (χ4v) is 2.04. The van der Waals surface area contributed by atoms with Crippen molar-refractivity contribution in [2.75, 3.05) is 18.5 Å². The number of hydrogen-bond acceptors (Lipinski definition) is 6. The Morgan fingerprint density at radius 3 is 2.59 bits per heavy atom. The Hall–Kier alpha value is -0.930. The standard InChI is InChI=1S/C8H14F3N5S/c1-2-3-16(5-8(9,10)11)4-6-14-15-7(13-12)17-6/h2-5,12H2,1H3,(H,13,15). The van der Waals surface area contributed by atoms with Gasteiger partial charge in [-0.25, -0.2) is 5.84 Å². The minimum absolute atomic E-state index is 0.132. The predicted molar refractivity (Wildman–Crippen MR) is 59.3 cm³/mol. The Bertz CT molecular complexity index is 340. The number of anilines is 1. The third-order valence-electron chi connectivity index (χ3n) is 1.89. The lowest BCUT2D eigenvalue weighted by atomic mass is 10.4. The van der Waals surface area contributed by atoms with Crippen LogP contribution in [0, 0.1) is 0 Å². The number of nitrogens with two attached hydrogens (primary N) is 1. The molecular weight excluding hydrogens is 255 g/mol. The van der Waals surface area contributed by atoms with Gasteiger partial charge in [-0.1, -0.05) is 18.3 Å². The number of aromatic nitrogens is 2. The number of halogens is 3. The van der Waals surface area contributed by atoms with E-state index >= 15 is 0 Å². The fourth-order valence-electron chi connectivity index (χ4n) is 1.35. The van der Waals surface area contributed by atoms with E-state index in [0.717, 1.165) is 11.3 Å². The van der Waals surface area contributed by atoms with E-state index in [2.05, 4.69) is 15.6 Å². The largest absolute Gasteiger partial charge is 0.401 e.